The van der Waals surface area contributed by atoms with Gasteiger partial charge in [0.05, 0.1) is 8.07 Å². The molecular weight excluding hydrogens is 649 g/mol. The summed E-state index contributed by atoms with van der Waals surface area (Å²) in [6.07, 6.45) is 36.1. The Morgan fingerprint density at radius 2 is 0.745 bits per heavy atom. The van der Waals surface area contributed by atoms with E-state index in [9.17, 15) is 24.9 Å². The third-order valence-electron chi connectivity index (χ3n) is 11.7. The first kappa shape index (κ1) is 49.9. The molecule has 0 saturated heterocycles. The van der Waals surface area contributed by atoms with Crippen LogP contribution >= 0.6 is 0 Å². The average molecular weight is 735 g/mol. The molecule has 2 atom stereocenters. The van der Waals surface area contributed by atoms with Gasteiger partial charge in [0.1, 0.15) is 17.4 Å². The Balaban J connectivity index is 4.62. The number of carbonyl (C=O) groups excluding carboxylic acids is 2. The molecule has 0 aliphatic heterocycles. The van der Waals surface area contributed by atoms with Crippen molar-refractivity contribution in [1.82, 2.24) is 0 Å². The number of Topliss-reactive ketones (excluding diaryl/α,β-unsaturated/α-hetero) is 2. The number of unbranched alkanes of at least 4 members (excludes halogenated alkanes) is 22. The summed E-state index contributed by atoms with van der Waals surface area (Å²) in [5, 5.41) is 32.3. The zero-order valence-electron chi connectivity index (χ0n) is 34.9. The fourth-order valence-electron chi connectivity index (χ4n) is 6.94. The van der Waals surface area contributed by atoms with E-state index in [2.05, 4.69) is 38.2 Å². The molecule has 0 fully saturated rings. The monoisotopic (exact) mass is 735 g/mol. The SMILES string of the molecule is CCCCCCCC/C=C\CCCCCCCC(=O)C(O)C(O)(C(O)C(=O)CCCCCCC/C=C\CCCCCCCC)[Si](C)(C)C(C)(C)C. The molecule has 0 rings (SSSR count). The lowest BCUT2D eigenvalue weighted by atomic mass is 9.94. The minimum absolute atomic E-state index is 0.144. The number of aliphatic hydroxyl groups excluding tert-OH is 2. The highest BCUT2D eigenvalue weighted by Gasteiger charge is 2.62. The molecule has 0 amide bonds. The molecule has 0 aliphatic rings. The van der Waals surface area contributed by atoms with Crippen LogP contribution in [0, 0.1) is 0 Å². The Morgan fingerprint density at radius 3 is 1.02 bits per heavy atom. The second-order valence-electron chi connectivity index (χ2n) is 17.1. The van der Waals surface area contributed by atoms with Crippen LogP contribution in [0.5, 0.6) is 0 Å². The molecule has 300 valence electrons. The number of aliphatic hydroxyl groups is 3. The van der Waals surface area contributed by atoms with E-state index in [1.807, 2.05) is 33.9 Å². The molecule has 0 heterocycles. The molecule has 2 unspecified atom stereocenters. The Hall–Kier alpha value is -1.08. The number of hydrogen-bond donors (Lipinski definition) is 3. The number of carbonyl (C=O) groups is 2. The summed E-state index contributed by atoms with van der Waals surface area (Å²) in [5.74, 6) is -0.930. The van der Waals surface area contributed by atoms with Gasteiger partial charge in [-0.2, -0.15) is 0 Å². The van der Waals surface area contributed by atoms with Gasteiger partial charge in [0.2, 0.25) is 0 Å². The van der Waals surface area contributed by atoms with Crippen LogP contribution in [0.15, 0.2) is 24.3 Å². The maximum Gasteiger partial charge on any atom is 0.164 e. The molecule has 0 aromatic heterocycles. The van der Waals surface area contributed by atoms with Crippen LogP contribution in [-0.2, 0) is 9.59 Å². The van der Waals surface area contributed by atoms with Crippen LogP contribution in [0.1, 0.15) is 214 Å². The molecule has 0 aromatic rings. The maximum absolute atomic E-state index is 13.3. The third kappa shape index (κ3) is 21.4. The van der Waals surface area contributed by atoms with Crippen LogP contribution in [0.4, 0.5) is 0 Å². The highest BCUT2D eigenvalue weighted by molar-refractivity contribution is 6.83. The molecule has 0 aliphatic carbocycles. The minimum atomic E-state index is -2.99. The topological polar surface area (TPSA) is 94.8 Å². The van der Waals surface area contributed by atoms with Gasteiger partial charge in [-0.05, 0) is 69.2 Å². The number of hydrogen-bond acceptors (Lipinski definition) is 5. The highest BCUT2D eigenvalue weighted by atomic mass is 28.3. The van der Waals surface area contributed by atoms with Crippen molar-refractivity contribution in [2.24, 2.45) is 0 Å². The van der Waals surface area contributed by atoms with Crippen molar-refractivity contribution in [3.05, 3.63) is 24.3 Å². The van der Waals surface area contributed by atoms with Crippen LogP contribution in [0.25, 0.3) is 0 Å². The Bertz CT molecular complexity index is 860. The van der Waals surface area contributed by atoms with Gasteiger partial charge in [-0.15, -0.1) is 0 Å². The molecule has 0 radical (unpaired) electrons. The van der Waals surface area contributed by atoms with E-state index < -0.39 is 42.1 Å². The standard InChI is InChI=1S/C45H86O5Si/c1-8-10-12-14-16-18-20-22-24-26-28-30-32-34-36-38-40(46)42(48)45(50,51(6,7)44(3,4)5)43(49)41(47)39-37-35-33-31-29-27-25-23-21-19-17-15-13-11-9-2/h22-25,42-43,48-50H,8-21,26-39H2,1-7H3/b24-22-,25-23-. The predicted octanol–water partition coefficient (Wildman–Crippen LogP) is 12.7. The molecular formula is C45H86O5Si. The number of ketones is 2. The second kappa shape index (κ2) is 30.3. The van der Waals surface area contributed by atoms with Crippen molar-refractivity contribution in [1.29, 1.82) is 0 Å². The Kier molecular flexibility index (Phi) is 29.6. The quantitative estimate of drug-likeness (QED) is 0.0342. The summed E-state index contributed by atoms with van der Waals surface area (Å²) in [5.41, 5.74) is 0. The smallest absolute Gasteiger partial charge is 0.164 e. The van der Waals surface area contributed by atoms with Crippen molar-refractivity contribution in [2.75, 3.05) is 0 Å². The summed E-state index contributed by atoms with van der Waals surface area (Å²) in [4.78, 5) is 26.6. The maximum atomic E-state index is 13.3. The normalized spacial score (nSPS) is 15.1. The van der Waals surface area contributed by atoms with Crippen LogP contribution in [0.2, 0.25) is 18.1 Å². The zero-order valence-corrected chi connectivity index (χ0v) is 35.9. The number of rotatable bonds is 35. The highest BCUT2D eigenvalue weighted by Crippen LogP contribution is 2.46. The molecule has 3 N–H and O–H groups in total. The van der Waals surface area contributed by atoms with Gasteiger partial charge in [0.25, 0.3) is 0 Å². The van der Waals surface area contributed by atoms with Gasteiger partial charge in [0.15, 0.2) is 11.6 Å². The van der Waals surface area contributed by atoms with Gasteiger partial charge >= 0.3 is 0 Å². The van der Waals surface area contributed by atoms with E-state index in [4.69, 9.17) is 0 Å². The lowest BCUT2D eigenvalue weighted by molar-refractivity contribution is -0.156. The zero-order chi connectivity index (χ0) is 38.4. The molecule has 0 aromatic carbocycles. The summed E-state index contributed by atoms with van der Waals surface area (Å²) in [6, 6.07) is 0. The van der Waals surface area contributed by atoms with Crippen LogP contribution < -0.4 is 0 Å². The van der Waals surface area contributed by atoms with Gasteiger partial charge in [0, 0.05) is 12.8 Å². The fourth-order valence-corrected chi connectivity index (χ4v) is 9.83. The van der Waals surface area contributed by atoms with Crippen molar-refractivity contribution in [3.63, 3.8) is 0 Å². The molecule has 5 nitrogen and oxygen atoms in total. The lowest BCUT2D eigenvalue weighted by Crippen LogP contribution is -2.74. The summed E-state index contributed by atoms with van der Waals surface area (Å²) in [7, 11) is -2.99. The van der Waals surface area contributed by atoms with E-state index in [1.165, 1.54) is 89.9 Å². The molecule has 51 heavy (non-hydrogen) atoms. The largest absolute Gasteiger partial charge is 0.387 e. The molecule has 6 heteroatoms. The van der Waals surface area contributed by atoms with E-state index in [1.54, 1.807) is 0 Å². The second-order valence-corrected chi connectivity index (χ2v) is 22.7. The van der Waals surface area contributed by atoms with Gasteiger partial charge in [-0.1, -0.05) is 175 Å². The first-order valence-electron chi connectivity index (χ1n) is 21.7. The van der Waals surface area contributed by atoms with Crippen LogP contribution in [0.3, 0.4) is 0 Å². The fraction of sp³-hybridized carbons (Fsp3) is 0.867. The molecule has 0 bridgehead atoms. The van der Waals surface area contributed by atoms with Crippen molar-refractivity contribution in [2.45, 2.75) is 250 Å². The van der Waals surface area contributed by atoms with Crippen molar-refractivity contribution >= 4 is 19.6 Å². The van der Waals surface area contributed by atoms with E-state index >= 15 is 0 Å². The van der Waals surface area contributed by atoms with Gasteiger partial charge in [-0.3, -0.25) is 9.59 Å². The number of allylic oxidation sites excluding steroid dienone is 4. The van der Waals surface area contributed by atoms with Crippen molar-refractivity contribution in [3.8, 4) is 0 Å². The first-order chi connectivity index (χ1) is 24.3. The summed E-state index contributed by atoms with van der Waals surface area (Å²) in [6.45, 7) is 14.2. The predicted molar refractivity (Wildman–Crippen MR) is 223 cm³/mol. The van der Waals surface area contributed by atoms with E-state index in [0.29, 0.717) is 12.8 Å². The molecule has 0 spiro atoms. The van der Waals surface area contributed by atoms with Gasteiger partial charge < -0.3 is 15.3 Å². The Labute approximate surface area is 318 Å². The van der Waals surface area contributed by atoms with E-state index in [-0.39, 0.29) is 12.8 Å². The summed E-state index contributed by atoms with van der Waals surface area (Å²) < 4.78 is 0. The van der Waals surface area contributed by atoms with Crippen LogP contribution in [-0.4, -0.2) is 52.4 Å². The summed E-state index contributed by atoms with van der Waals surface area (Å²) >= 11 is 0. The third-order valence-corrected chi connectivity index (χ3v) is 18.0. The lowest BCUT2D eigenvalue weighted by Gasteiger charge is -2.52. The first-order valence-corrected chi connectivity index (χ1v) is 24.7. The minimum Gasteiger partial charge on any atom is -0.387 e. The van der Waals surface area contributed by atoms with Crippen molar-refractivity contribution < 1.29 is 24.9 Å². The van der Waals surface area contributed by atoms with E-state index in [0.717, 1.165) is 64.2 Å². The Morgan fingerprint density at radius 1 is 0.490 bits per heavy atom. The van der Waals surface area contributed by atoms with Gasteiger partial charge in [-0.25, -0.2) is 0 Å². The molecule has 0 saturated carbocycles. The average Bonchev–Trinajstić information content (AvgIpc) is 3.09.